The maximum Gasteiger partial charge on any atom is 0.264 e. The van der Waals surface area contributed by atoms with Crippen LogP contribution in [0.2, 0.25) is 5.02 Å². The van der Waals surface area contributed by atoms with Crippen molar-refractivity contribution in [1.29, 1.82) is 0 Å². The van der Waals surface area contributed by atoms with Gasteiger partial charge in [0.05, 0.1) is 29.1 Å². The fourth-order valence-electron chi connectivity index (χ4n) is 8.93. The summed E-state index contributed by atoms with van der Waals surface area (Å²) in [6.45, 7) is 5.68. The van der Waals surface area contributed by atoms with E-state index in [0.717, 1.165) is 37.8 Å². The van der Waals surface area contributed by atoms with Crippen molar-refractivity contribution in [3.05, 3.63) is 70.3 Å². The zero-order chi connectivity index (χ0) is 34.0. The Labute approximate surface area is 288 Å². The van der Waals surface area contributed by atoms with E-state index >= 15 is 0 Å². The van der Waals surface area contributed by atoms with Crippen molar-refractivity contribution in [3.8, 4) is 5.75 Å². The molecule has 2 N–H and O–H groups in total. The number of halogens is 1. The van der Waals surface area contributed by atoms with E-state index in [0.29, 0.717) is 49.9 Å². The second kappa shape index (κ2) is 12.4. The quantitative estimate of drug-likeness (QED) is 0.400. The number of carbonyl (C=O) groups excluding carboxylic acids is 2. The highest BCUT2D eigenvalue weighted by atomic mass is 35.5. The zero-order valence-electron chi connectivity index (χ0n) is 28.0. The third-order valence-electron chi connectivity index (χ3n) is 12.2. The number of nitrogens with zero attached hydrogens (tertiary/aromatic N) is 2. The van der Waals surface area contributed by atoms with E-state index in [9.17, 15) is 23.1 Å². The summed E-state index contributed by atoms with van der Waals surface area (Å²) in [4.78, 5) is 30.9. The second-order valence-corrected chi connectivity index (χ2v) is 17.5. The number of likely N-dealkylation sites (tertiary alicyclic amines) is 1. The van der Waals surface area contributed by atoms with Gasteiger partial charge in [0.25, 0.3) is 5.91 Å². The predicted molar refractivity (Wildman–Crippen MR) is 186 cm³/mol. The first kappa shape index (κ1) is 33.4. The van der Waals surface area contributed by atoms with Crippen LogP contribution in [0.3, 0.4) is 0 Å². The SMILES string of the molecule is C[C@@H]1[C@@H](C)C/C=C/[C@@](O)([C@H]2CCN(C)C2=O)[C@@H]2CC[C@H]2CN2C[C@@]3(CCCc4cc(Cl)ccc43)COc3ccc(cc32)C(=O)NS1(=O)=O. The van der Waals surface area contributed by atoms with E-state index in [1.807, 2.05) is 19.1 Å². The summed E-state index contributed by atoms with van der Waals surface area (Å²) < 4.78 is 35.8. The zero-order valence-corrected chi connectivity index (χ0v) is 29.5. The van der Waals surface area contributed by atoms with Crippen molar-refractivity contribution in [1.82, 2.24) is 9.62 Å². The largest absolute Gasteiger partial charge is 0.490 e. The molecular weight excluding hydrogens is 650 g/mol. The van der Waals surface area contributed by atoms with Crippen LogP contribution in [0.15, 0.2) is 48.6 Å². The van der Waals surface area contributed by atoms with Gasteiger partial charge >= 0.3 is 0 Å². The number of allylic oxidation sites excluding steroid dienone is 1. The van der Waals surface area contributed by atoms with Crippen molar-refractivity contribution < 1.29 is 27.9 Å². The van der Waals surface area contributed by atoms with Crippen molar-refractivity contribution in [2.45, 2.75) is 75.1 Å². The highest BCUT2D eigenvalue weighted by molar-refractivity contribution is 7.90. The summed E-state index contributed by atoms with van der Waals surface area (Å²) in [5, 5.41) is 12.4. The first-order chi connectivity index (χ1) is 22.8. The van der Waals surface area contributed by atoms with Crippen LogP contribution in [0.4, 0.5) is 5.69 Å². The summed E-state index contributed by atoms with van der Waals surface area (Å²) in [6.07, 6.45) is 9.11. The maximum absolute atomic E-state index is 13.5. The highest BCUT2D eigenvalue weighted by Gasteiger charge is 2.54. The van der Waals surface area contributed by atoms with Crippen LogP contribution in [0.5, 0.6) is 5.75 Å². The number of aryl methyl sites for hydroxylation is 1. The molecule has 5 aliphatic rings. The first-order valence-electron chi connectivity index (χ1n) is 17.3. The molecule has 2 aromatic rings. The van der Waals surface area contributed by atoms with Gasteiger partial charge < -0.3 is 19.6 Å². The van der Waals surface area contributed by atoms with Crippen molar-refractivity contribution in [3.63, 3.8) is 0 Å². The molecule has 0 radical (unpaired) electrons. The predicted octanol–water partition coefficient (Wildman–Crippen LogP) is 5.09. The fraction of sp³-hybridized carbons (Fsp3) is 0.568. The van der Waals surface area contributed by atoms with E-state index < -0.39 is 32.7 Å². The van der Waals surface area contributed by atoms with Crippen molar-refractivity contribution in [2.24, 2.45) is 23.7 Å². The molecular formula is C37H46ClN3O6S. The van der Waals surface area contributed by atoms with E-state index in [2.05, 4.69) is 21.8 Å². The Morgan fingerprint density at radius 1 is 1.08 bits per heavy atom. The molecule has 0 aromatic heterocycles. The molecule has 3 aliphatic heterocycles. The van der Waals surface area contributed by atoms with Gasteiger partial charge in [-0.25, -0.2) is 13.1 Å². The lowest BCUT2D eigenvalue weighted by molar-refractivity contribution is -0.143. The normalized spacial score (nSPS) is 35.5. The minimum Gasteiger partial charge on any atom is -0.490 e. The molecule has 7 rings (SSSR count). The molecule has 2 aliphatic carbocycles. The number of sulfonamides is 1. The average Bonchev–Trinajstić information content (AvgIpc) is 3.29. The molecule has 7 atom stereocenters. The number of benzene rings is 2. The number of hydrogen-bond donors (Lipinski definition) is 2. The minimum absolute atomic E-state index is 0.0523. The molecule has 258 valence electrons. The molecule has 2 aromatic carbocycles. The van der Waals surface area contributed by atoms with E-state index in [-0.39, 0.29) is 34.6 Å². The summed E-state index contributed by atoms with van der Waals surface area (Å²) in [5.41, 5.74) is 1.70. The number of ether oxygens (including phenoxy) is 1. The van der Waals surface area contributed by atoms with Gasteiger partial charge in [-0.2, -0.15) is 0 Å². The van der Waals surface area contributed by atoms with Gasteiger partial charge in [0, 0.05) is 42.7 Å². The molecule has 2 bridgehead atoms. The van der Waals surface area contributed by atoms with Crippen LogP contribution in [-0.2, 0) is 26.7 Å². The molecule has 3 heterocycles. The highest BCUT2D eigenvalue weighted by Crippen LogP contribution is 2.51. The van der Waals surface area contributed by atoms with Gasteiger partial charge in [0.1, 0.15) is 5.75 Å². The van der Waals surface area contributed by atoms with Crippen LogP contribution in [0.1, 0.15) is 73.9 Å². The van der Waals surface area contributed by atoms with Crippen LogP contribution in [0.25, 0.3) is 0 Å². The third-order valence-corrected chi connectivity index (χ3v) is 14.3. The van der Waals surface area contributed by atoms with Crippen LogP contribution in [-0.4, -0.2) is 74.4 Å². The smallest absolute Gasteiger partial charge is 0.264 e. The van der Waals surface area contributed by atoms with Gasteiger partial charge in [0.2, 0.25) is 15.9 Å². The fourth-order valence-corrected chi connectivity index (χ4v) is 10.4. The minimum atomic E-state index is -4.02. The summed E-state index contributed by atoms with van der Waals surface area (Å²) >= 11 is 6.44. The number of nitrogens with one attached hydrogen (secondary N) is 1. The molecule has 9 nitrogen and oxygen atoms in total. The van der Waals surface area contributed by atoms with Gasteiger partial charge in [0.15, 0.2) is 0 Å². The van der Waals surface area contributed by atoms with E-state index in [4.69, 9.17) is 16.3 Å². The number of fused-ring (bicyclic) bond motifs is 4. The first-order valence-corrected chi connectivity index (χ1v) is 19.3. The van der Waals surface area contributed by atoms with Crippen LogP contribution in [0, 0.1) is 23.7 Å². The Morgan fingerprint density at radius 2 is 1.90 bits per heavy atom. The molecule has 2 amide bonds. The summed E-state index contributed by atoms with van der Waals surface area (Å²) in [5.74, 6) is -1.08. The second-order valence-electron chi connectivity index (χ2n) is 15.0. The molecule has 1 saturated heterocycles. The standard InChI is InChI=1S/C37H46ClN3O6S/c1-23-6-4-16-37(44,31-14-17-40(3)35(31)43)30-11-8-27(30)20-41-21-36(15-5-7-25-18-28(38)10-12-29(25)36)22-47-33-13-9-26(19-32(33)41)34(42)39-48(45,46)24(23)2/h4,9-10,12-13,16,18-19,23-24,27,30-31,44H,5-8,11,14-15,17,20-22H2,1-3H3,(H,39,42)/b16-4+/t23-,24+,27-,30+,31-,36-,37-/m0/s1. The maximum atomic E-state index is 13.5. The lowest BCUT2D eigenvalue weighted by atomic mass is 9.60. The van der Waals surface area contributed by atoms with Crippen molar-refractivity contribution >= 4 is 39.1 Å². The summed E-state index contributed by atoms with van der Waals surface area (Å²) in [7, 11) is -2.23. The van der Waals surface area contributed by atoms with Gasteiger partial charge in [-0.05, 0) is 111 Å². The number of hydrogen-bond acceptors (Lipinski definition) is 7. The van der Waals surface area contributed by atoms with Crippen LogP contribution < -0.4 is 14.4 Å². The molecule has 1 spiro atoms. The van der Waals surface area contributed by atoms with Gasteiger partial charge in [-0.15, -0.1) is 0 Å². The topological polar surface area (TPSA) is 116 Å². The van der Waals surface area contributed by atoms with Gasteiger partial charge in [-0.3, -0.25) is 9.59 Å². The number of aliphatic hydroxyl groups is 1. The summed E-state index contributed by atoms with van der Waals surface area (Å²) in [6, 6.07) is 11.3. The van der Waals surface area contributed by atoms with Crippen molar-refractivity contribution in [2.75, 3.05) is 38.2 Å². The Kier molecular flexibility index (Phi) is 8.60. The number of carbonyl (C=O) groups is 2. The van der Waals surface area contributed by atoms with Gasteiger partial charge in [-0.1, -0.05) is 36.7 Å². The average molecular weight is 696 g/mol. The number of rotatable bonds is 1. The molecule has 48 heavy (non-hydrogen) atoms. The lowest BCUT2D eigenvalue weighted by Gasteiger charge is -2.50. The number of anilines is 1. The van der Waals surface area contributed by atoms with E-state index in [1.54, 1.807) is 43.1 Å². The van der Waals surface area contributed by atoms with E-state index in [1.165, 1.54) is 11.1 Å². The Balaban J connectivity index is 1.34. The Bertz CT molecular complexity index is 1760. The van der Waals surface area contributed by atoms with Crippen LogP contribution >= 0.6 is 11.6 Å². The molecule has 0 unspecified atom stereocenters. The lowest BCUT2D eigenvalue weighted by Crippen LogP contribution is -2.56. The third kappa shape index (κ3) is 5.71. The monoisotopic (exact) mass is 695 g/mol. The Hall–Kier alpha value is -3.08. The molecule has 1 saturated carbocycles. The molecule has 11 heteroatoms. The molecule has 2 fully saturated rings. The number of amides is 2. The Morgan fingerprint density at radius 3 is 2.62 bits per heavy atom.